The molecule has 186 valence electrons. The molecule has 2 amide bonds. The van der Waals surface area contributed by atoms with Gasteiger partial charge in [0.1, 0.15) is 0 Å². The predicted octanol–water partition coefficient (Wildman–Crippen LogP) is 5.33. The summed E-state index contributed by atoms with van der Waals surface area (Å²) in [6.07, 6.45) is 1.76. The molecule has 0 saturated carbocycles. The lowest BCUT2D eigenvalue weighted by atomic mass is 10.0. The van der Waals surface area contributed by atoms with Crippen molar-refractivity contribution in [3.8, 4) is 0 Å². The van der Waals surface area contributed by atoms with E-state index in [-0.39, 0.29) is 16.7 Å². The first-order valence-electron chi connectivity index (χ1n) is 11.9. The van der Waals surface area contributed by atoms with Crippen LogP contribution in [0.2, 0.25) is 0 Å². The molecule has 0 atom stereocenters. The summed E-state index contributed by atoms with van der Waals surface area (Å²) in [6, 6.07) is 29.0. The van der Waals surface area contributed by atoms with E-state index in [9.17, 15) is 18.0 Å². The fraction of sp³-hybridized carbons (Fsp3) is 0.103. The molecule has 8 heteroatoms. The number of carbonyl (C=O) groups excluding carboxylic acids is 2. The minimum atomic E-state index is -3.95. The number of hydrogen-bond acceptors (Lipinski definition) is 4. The molecule has 0 spiro atoms. The smallest absolute Gasteiger partial charge is 0.261 e. The van der Waals surface area contributed by atoms with E-state index in [4.69, 9.17) is 0 Å². The van der Waals surface area contributed by atoms with Crippen LogP contribution in [0, 0.1) is 0 Å². The van der Waals surface area contributed by atoms with E-state index in [1.54, 1.807) is 65.6 Å². The molecule has 0 bridgehead atoms. The van der Waals surface area contributed by atoms with Crippen molar-refractivity contribution in [2.45, 2.75) is 17.7 Å². The van der Waals surface area contributed by atoms with E-state index in [0.29, 0.717) is 29.0 Å². The third kappa shape index (κ3) is 5.39. The highest BCUT2D eigenvalue weighted by molar-refractivity contribution is 7.92. The van der Waals surface area contributed by atoms with Crippen molar-refractivity contribution in [3.05, 3.63) is 120 Å². The van der Waals surface area contributed by atoms with Crippen LogP contribution in [-0.2, 0) is 16.4 Å². The summed E-state index contributed by atoms with van der Waals surface area (Å²) in [5.41, 5.74) is 3.67. The van der Waals surface area contributed by atoms with Gasteiger partial charge >= 0.3 is 0 Å². The number of hydrogen-bond donors (Lipinski definition) is 2. The molecule has 0 saturated heterocycles. The molecule has 0 radical (unpaired) electrons. The minimum Gasteiger partial charge on any atom is -0.322 e. The lowest BCUT2D eigenvalue weighted by Gasteiger charge is -2.29. The van der Waals surface area contributed by atoms with Gasteiger partial charge in [0.2, 0.25) is 0 Å². The molecule has 4 aromatic carbocycles. The number of aryl methyl sites for hydroxylation is 1. The molecule has 37 heavy (non-hydrogen) atoms. The van der Waals surface area contributed by atoms with E-state index < -0.39 is 10.0 Å². The van der Waals surface area contributed by atoms with Crippen LogP contribution in [0.25, 0.3) is 0 Å². The lowest BCUT2D eigenvalue weighted by Crippen LogP contribution is -2.35. The van der Waals surface area contributed by atoms with E-state index in [0.717, 1.165) is 24.1 Å². The van der Waals surface area contributed by atoms with Crippen molar-refractivity contribution in [3.63, 3.8) is 0 Å². The van der Waals surface area contributed by atoms with E-state index in [1.165, 1.54) is 12.1 Å². The van der Waals surface area contributed by atoms with Crippen LogP contribution in [0.3, 0.4) is 0 Å². The van der Waals surface area contributed by atoms with Crippen molar-refractivity contribution in [1.29, 1.82) is 0 Å². The Hall–Kier alpha value is -4.43. The molecular weight excluding hydrogens is 486 g/mol. The van der Waals surface area contributed by atoms with Gasteiger partial charge in [0.05, 0.1) is 4.90 Å². The summed E-state index contributed by atoms with van der Waals surface area (Å²) in [6.45, 7) is 0.582. The number of nitrogens with one attached hydrogen (secondary N) is 2. The number of rotatable bonds is 6. The zero-order valence-electron chi connectivity index (χ0n) is 19.9. The number of amides is 2. The van der Waals surface area contributed by atoms with Gasteiger partial charge in [0, 0.05) is 34.7 Å². The second kappa shape index (κ2) is 10.3. The first-order valence-corrected chi connectivity index (χ1v) is 13.4. The average molecular weight is 512 g/mol. The monoisotopic (exact) mass is 511 g/mol. The number of para-hydroxylation sites is 1. The molecule has 0 aliphatic carbocycles. The van der Waals surface area contributed by atoms with Gasteiger partial charge in [0.15, 0.2) is 0 Å². The van der Waals surface area contributed by atoms with Crippen molar-refractivity contribution in [1.82, 2.24) is 0 Å². The van der Waals surface area contributed by atoms with E-state index in [1.807, 2.05) is 30.3 Å². The van der Waals surface area contributed by atoms with Crippen molar-refractivity contribution in [2.24, 2.45) is 0 Å². The highest BCUT2D eigenvalue weighted by atomic mass is 32.2. The highest BCUT2D eigenvalue weighted by Gasteiger charge is 2.24. The van der Waals surface area contributed by atoms with Gasteiger partial charge in [0.25, 0.3) is 21.8 Å². The Morgan fingerprint density at radius 3 is 2.19 bits per heavy atom. The maximum atomic E-state index is 13.3. The Bertz CT molecular complexity index is 1550. The van der Waals surface area contributed by atoms with Crippen LogP contribution in [0.1, 0.15) is 32.7 Å². The second-order valence-corrected chi connectivity index (χ2v) is 10.4. The lowest BCUT2D eigenvalue weighted by molar-refractivity contribution is 0.0983. The van der Waals surface area contributed by atoms with Crippen molar-refractivity contribution in [2.75, 3.05) is 21.5 Å². The maximum absolute atomic E-state index is 13.3. The van der Waals surface area contributed by atoms with Crippen LogP contribution in [0.4, 0.5) is 17.1 Å². The number of anilines is 3. The SMILES string of the molecule is O=C(Nc1ccc(NS(=O)(=O)c2cccc(C(=O)N3CCCc4ccccc43)c2)cc1)c1ccccc1. The third-order valence-corrected chi connectivity index (χ3v) is 7.56. The Labute approximate surface area is 215 Å². The molecule has 0 unspecified atom stereocenters. The summed E-state index contributed by atoms with van der Waals surface area (Å²) < 4.78 is 28.7. The molecule has 1 aliphatic rings. The zero-order chi connectivity index (χ0) is 25.8. The summed E-state index contributed by atoms with van der Waals surface area (Å²) in [4.78, 5) is 27.3. The molecule has 7 nitrogen and oxygen atoms in total. The van der Waals surface area contributed by atoms with Crippen molar-refractivity contribution < 1.29 is 18.0 Å². The quantitative estimate of drug-likeness (QED) is 0.366. The third-order valence-electron chi connectivity index (χ3n) is 6.18. The number of sulfonamides is 1. The Kier molecular flexibility index (Phi) is 6.74. The number of carbonyl (C=O) groups is 2. The van der Waals surface area contributed by atoms with Crippen LogP contribution in [-0.4, -0.2) is 26.8 Å². The zero-order valence-corrected chi connectivity index (χ0v) is 20.7. The normalized spacial score (nSPS) is 12.9. The van der Waals surface area contributed by atoms with Gasteiger partial charge in [-0.3, -0.25) is 14.3 Å². The van der Waals surface area contributed by atoms with Gasteiger partial charge in [-0.2, -0.15) is 0 Å². The highest BCUT2D eigenvalue weighted by Crippen LogP contribution is 2.29. The standard InChI is InChI=1S/C29H25N3O4S/c33-28(22-9-2-1-3-10-22)30-24-15-17-25(18-16-24)31-37(35,36)26-13-6-11-23(20-26)29(34)32-19-7-12-21-8-4-5-14-27(21)32/h1-6,8-11,13-18,20,31H,7,12,19H2,(H,30,33). The van der Waals surface area contributed by atoms with Gasteiger partial charge in [-0.1, -0.05) is 42.5 Å². The average Bonchev–Trinajstić information content (AvgIpc) is 2.94. The molecule has 1 heterocycles. The predicted molar refractivity (Wildman–Crippen MR) is 145 cm³/mol. The molecule has 4 aromatic rings. The molecule has 5 rings (SSSR count). The first-order chi connectivity index (χ1) is 17.9. The Morgan fingerprint density at radius 1 is 0.730 bits per heavy atom. The fourth-order valence-electron chi connectivity index (χ4n) is 4.33. The largest absolute Gasteiger partial charge is 0.322 e. The van der Waals surface area contributed by atoms with Gasteiger partial charge in [-0.05, 0) is 79.1 Å². The summed E-state index contributed by atoms with van der Waals surface area (Å²) in [5.74, 6) is -0.491. The number of nitrogens with zero attached hydrogens (tertiary/aromatic N) is 1. The van der Waals surface area contributed by atoms with Gasteiger partial charge in [-0.25, -0.2) is 8.42 Å². The summed E-state index contributed by atoms with van der Waals surface area (Å²) >= 11 is 0. The van der Waals surface area contributed by atoms with Gasteiger partial charge in [-0.15, -0.1) is 0 Å². The molecule has 2 N–H and O–H groups in total. The number of benzene rings is 4. The van der Waals surface area contributed by atoms with Crippen LogP contribution in [0.5, 0.6) is 0 Å². The van der Waals surface area contributed by atoms with E-state index >= 15 is 0 Å². The van der Waals surface area contributed by atoms with E-state index in [2.05, 4.69) is 10.0 Å². The number of fused-ring (bicyclic) bond motifs is 1. The molecular formula is C29H25N3O4S. The Balaban J connectivity index is 1.30. The van der Waals surface area contributed by atoms with Crippen LogP contribution < -0.4 is 14.9 Å². The summed E-state index contributed by atoms with van der Waals surface area (Å²) in [5, 5.41) is 2.78. The maximum Gasteiger partial charge on any atom is 0.261 e. The molecule has 0 fully saturated rings. The molecule has 0 aromatic heterocycles. The topological polar surface area (TPSA) is 95.6 Å². The first kappa shape index (κ1) is 24.3. The second-order valence-electron chi connectivity index (χ2n) is 8.72. The Morgan fingerprint density at radius 2 is 1.41 bits per heavy atom. The minimum absolute atomic E-state index is 0.00917. The van der Waals surface area contributed by atoms with Gasteiger partial charge < -0.3 is 10.2 Å². The summed E-state index contributed by atoms with van der Waals surface area (Å²) in [7, 11) is -3.95. The fourth-order valence-corrected chi connectivity index (χ4v) is 5.43. The van der Waals surface area contributed by atoms with Crippen LogP contribution >= 0.6 is 0 Å². The van der Waals surface area contributed by atoms with Crippen molar-refractivity contribution >= 4 is 38.9 Å². The van der Waals surface area contributed by atoms with Crippen LogP contribution in [0.15, 0.2) is 108 Å². The molecule has 1 aliphatic heterocycles.